The molecular weight excluding hydrogens is 304 g/mol. The molecule has 1 spiro atoms. The maximum atomic E-state index is 9.57. The van der Waals surface area contributed by atoms with Gasteiger partial charge in [-0.25, -0.2) is 0 Å². The zero-order chi connectivity index (χ0) is 16.8. The monoisotopic (exact) mass is 338 g/mol. The number of aliphatic hydroxyl groups is 1. The molecule has 0 radical (unpaired) electrons. The van der Waals surface area contributed by atoms with Crippen molar-refractivity contribution in [2.24, 2.45) is 10.4 Å². The summed E-state index contributed by atoms with van der Waals surface area (Å²) >= 11 is 0. The second kappa shape index (κ2) is 8.50. The van der Waals surface area contributed by atoms with E-state index < -0.39 is 0 Å². The fraction of sp³-hybridized carbons (Fsp3) is 0.944. The van der Waals surface area contributed by atoms with Gasteiger partial charge < -0.3 is 25.0 Å². The first-order chi connectivity index (χ1) is 11.7. The first kappa shape index (κ1) is 18.0. The van der Waals surface area contributed by atoms with Crippen LogP contribution in [0.4, 0.5) is 0 Å². The number of hydrogen-bond donors (Lipinski definition) is 2. The van der Waals surface area contributed by atoms with Crippen molar-refractivity contribution in [3.8, 4) is 0 Å². The molecule has 1 unspecified atom stereocenters. The summed E-state index contributed by atoms with van der Waals surface area (Å²) in [5, 5.41) is 13.0. The van der Waals surface area contributed by atoms with Crippen LogP contribution in [0.5, 0.6) is 0 Å². The molecule has 6 heteroatoms. The summed E-state index contributed by atoms with van der Waals surface area (Å²) < 4.78 is 5.63. The molecule has 3 heterocycles. The molecule has 2 N–H and O–H groups in total. The van der Waals surface area contributed by atoms with E-state index in [1.807, 2.05) is 0 Å². The number of aliphatic hydroxyl groups excluding tert-OH is 1. The smallest absolute Gasteiger partial charge is 0.193 e. The van der Waals surface area contributed by atoms with E-state index in [1.165, 1.54) is 12.8 Å². The first-order valence-corrected chi connectivity index (χ1v) is 9.72. The number of nitrogens with one attached hydrogen (secondary N) is 1. The maximum absolute atomic E-state index is 9.57. The molecule has 0 saturated carbocycles. The topological polar surface area (TPSA) is 60.3 Å². The van der Waals surface area contributed by atoms with Gasteiger partial charge in [-0.3, -0.25) is 4.99 Å². The normalized spacial score (nSPS) is 29.8. The van der Waals surface area contributed by atoms with E-state index in [2.05, 4.69) is 22.0 Å². The quantitative estimate of drug-likeness (QED) is 0.443. The Bertz CT molecular complexity index is 415. The molecule has 0 amide bonds. The number of ether oxygens (including phenoxy) is 1. The minimum atomic E-state index is -0.0818. The van der Waals surface area contributed by atoms with Gasteiger partial charge in [-0.05, 0) is 45.6 Å². The van der Waals surface area contributed by atoms with Crippen molar-refractivity contribution in [1.82, 2.24) is 15.1 Å². The second-order valence-corrected chi connectivity index (χ2v) is 7.64. The van der Waals surface area contributed by atoms with Gasteiger partial charge in [0.1, 0.15) is 0 Å². The average Bonchev–Trinajstić information content (AvgIpc) is 3.22. The number of piperidine rings is 1. The number of hydrogen-bond acceptors (Lipinski definition) is 4. The van der Waals surface area contributed by atoms with Crippen molar-refractivity contribution in [2.45, 2.75) is 45.1 Å². The van der Waals surface area contributed by atoms with Crippen LogP contribution in [0.3, 0.4) is 0 Å². The van der Waals surface area contributed by atoms with Gasteiger partial charge in [0.2, 0.25) is 0 Å². The van der Waals surface area contributed by atoms with Crippen molar-refractivity contribution < 1.29 is 9.84 Å². The van der Waals surface area contributed by atoms with Gasteiger partial charge >= 0.3 is 0 Å². The Morgan fingerprint density at radius 1 is 1.29 bits per heavy atom. The molecule has 0 bridgehead atoms. The Labute approximate surface area is 146 Å². The summed E-state index contributed by atoms with van der Waals surface area (Å²) in [6, 6.07) is 0. The highest BCUT2D eigenvalue weighted by molar-refractivity contribution is 5.80. The molecule has 3 aliphatic heterocycles. The number of aliphatic imine (C=N–C) groups is 1. The lowest BCUT2D eigenvalue weighted by atomic mass is 9.87. The lowest BCUT2D eigenvalue weighted by Gasteiger charge is -2.29. The molecule has 3 fully saturated rings. The lowest BCUT2D eigenvalue weighted by Crippen LogP contribution is -2.41. The van der Waals surface area contributed by atoms with Crippen LogP contribution in [0.15, 0.2) is 4.99 Å². The van der Waals surface area contributed by atoms with Crippen LogP contribution in [0.1, 0.15) is 39.0 Å². The van der Waals surface area contributed by atoms with Crippen molar-refractivity contribution in [3.05, 3.63) is 0 Å². The van der Waals surface area contributed by atoms with Gasteiger partial charge in [0.15, 0.2) is 5.96 Å². The van der Waals surface area contributed by atoms with Crippen LogP contribution in [0, 0.1) is 5.41 Å². The van der Waals surface area contributed by atoms with E-state index in [9.17, 15) is 5.11 Å². The molecule has 3 rings (SSSR count). The predicted molar refractivity (Wildman–Crippen MR) is 96.3 cm³/mol. The Morgan fingerprint density at radius 2 is 2.12 bits per heavy atom. The van der Waals surface area contributed by atoms with Crippen LogP contribution in [0.25, 0.3) is 0 Å². The molecule has 138 valence electrons. The van der Waals surface area contributed by atoms with Gasteiger partial charge in [-0.2, -0.15) is 0 Å². The summed E-state index contributed by atoms with van der Waals surface area (Å²) in [5.41, 5.74) is 0.380. The molecule has 0 aromatic heterocycles. The molecule has 0 aromatic carbocycles. The van der Waals surface area contributed by atoms with E-state index in [4.69, 9.17) is 9.73 Å². The summed E-state index contributed by atoms with van der Waals surface area (Å²) in [5.74, 6) is 1.08. The number of nitrogens with zero attached hydrogens (tertiary/aromatic N) is 3. The summed E-state index contributed by atoms with van der Waals surface area (Å²) in [4.78, 5) is 9.74. The van der Waals surface area contributed by atoms with Gasteiger partial charge in [-0.1, -0.05) is 0 Å². The third-order valence-corrected chi connectivity index (χ3v) is 5.71. The number of guanidine groups is 1. The minimum Gasteiger partial charge on any atom is -0.393 e. The molecule has 6 nitrogen and oxygen atoms in total. The highest BCUT2D eigenvalue weighted by atomic mass is 16.5. The minimum absolute atomic E-state index is 0.0818. The highest BCUT2D eigenvalue weighted by Crippen LogP contribution is 2.38. The predicted octanol–water partition coefficient (Wildman–Crippen LogP) is 0.911. The van der Waals surface area contributed by atoms with Crippen LogP contribution in [0.2, 0.25) is 0 Å². The highest BCUT2D eigenvalue weighted by Gasteiger charge is 2.42. The molecule has 0 aliphatic carbocycles. The van der Waals surface area contributed by atoms with E-state index >= 15 is 0 Å². The van der Waals surface area contributed by atoms with E-state index in [-0.39, 0.29) is 6.10 Å². The van der Waals surface area contributed by atoms with E-state index in [0.29, 0.717) is 5.41 Å². The fourth-order valence-corrected chi connectivity index (χ4v) is 4.14. The van der Waals surface area contributed by atoms with Gasteiger partial charge in [0.25, 0.3) is 0 Å². The van der Waals surface area contributed by atoms with Crippen LogP contribution < -0.4 is 5.32 Å². The molecule has 1 atom stereocenters. The summed E-state index contributed by atoms with van der Waals surface area (Å²) in [6.07, 6.45) is 5.28. The Balaban J connectivity index is 1.44. The molecule has 3 aliphatic rings. The SMILES string of the molecule is CCNC(=NCCCN1CCC(O)CC1)N1CCC2(CCOC2)C1. The Hall–Kier alpha value is -0.850. The third-order valence-electron chi connectivity index (χ3n) is 5.71. The van der Waals surface area contributed by atoms with Crippen molar-refractivity contribution in [2.75, 3.05) is 59.0 Å². The molecule has 0 aromatic rings. The lowest BCUT2D eigenvalue weighted by molar-refractivity contribution is 0.0824. The van der Waals surface area contributed by atoms with Crippen molar-refractivity contribution in [3.63, 3.8) is 0 Å². The van der Waals surface area contributed by atoms with Crippen molar-refractivity contribution in [1.29, 1.82) is 0 Å². The Morgan fingerprint density at radius 3 is 2.83 bits per heavy atom. The second-order valence-electron chi connectivity index (χ2n) is 7.64. The van der Waals surface area contributed by atoms with Gasteiger partial charge in [0.05, 0.1) is 12.7 Å². The van der Waals surface area contributed by atoms with E-state index in [1.54, 1.807) is 0 Å². The van der Waals surface area contributed by atoms with Crippen LogP contribution in [-0.2, 0) is 4.74 Å². The van der Waals surface area contributed by atoms with Gasteiger partial charge in [-0.15, -0.1) is 0 Å². The molecular formula is C18H34N4O2. The third kappa shape index (κ3) is 4.61. The average molecular weight is 338 g/mol. The fourth-order valence-electron chi connectivity index (χ4n) is 4.14. The van der Waals surface area contributed by atoms with Crippen LogP contribution in [-0.4, -0.2) is 86.0 Å². The molecule has 3 saturated heterocycles. The maximum Gasteiger partial charge on any atom is 0.193 e. The Kier molecular flexibility index (Phi) is 6.36. The summed E-state index contributed by atoms with van der Waals surface area (Å²) in [7, 11) is 0. The van der Waals surface area contributed by atoms with Gasteiger partial charge in [0, 0.05) is 51.3 Å². The first-order valence-electron chi connectivity index (χ1n) is 9.72. The standard InChI is InChI=1S/C18H34N4O2/c1-2-19-17(22-12-6-18(14-22)7-13-24-15-18)20-8-3-9-21-10-4-16(23)5-11-21/h16,23H,2-15H2,1H3,(H,19,20). The largest absolute Gasteiger partial charge is 0.393 e. The zero-order valence-electron chi connectivity index (χ0n) is 15.2. The van der Waals surface area contributed by atoms with E-state index in [0.717, 1.165) is 84.2 Å². The van der Waals surface area contributed by atoms with Crippen LogP contribution >= 0.6 is 0 Å². The summed E-state index contributed by atoms with van der Waals surface area (Å²) in [6.45, 7) is 11.1. The zero-order valence-corrected chi connectivity index (χ0v) is 15.2. The number of likely N-dealkylation sites (tertiary alicyclic amines) is 2. The molecule has 24 heavy (non-hydrogen) atoms. The van der Waals surface area contributed by atoms with Crippen molar-refractivity contribution >= 4 is 5.96 Å². The number of rotatable bonds is 5.